The van der Waals surface area contributed by atoms with Crippen molar-refractivity contribution in [1.29, 1.82) is 0 Å². The number of aliphatic hydroxyl groups is 1. The summed E-state index contributed by atoms with van der Waals surface area (Å²) >= 11 is 0. The van der Waals surface area contributed by atoms with Crippen LogP contribution in [-0.4, -0.2) is 30.5 Å². The van der Waals surface area contributed by atoms with E-state index in [2.05, 4.69) is 0 Å². The Morgan fingerprint density at radius 2 is 2.28 bits per heavy atom. The molecule has 2 aliphatic rings. The van der Waals surface area contributed by atoms with Crippen LogP contribution >= 0.6 is 0 Å². The Hall–Kier alpha value is -1.26. The molecular formula is C14H18O4. The van der Waals surface area contributed by atoms with Crippen LogP contribution in [0.1, 0.15) is 31.4 Å². The second-order valence-electron chi connectivity index (χ2n) is 5.05. The van der Waals surface area contributed by atoms with Crippen LogP contribution in [0.4, 0.5) is 0 Å². The molecule has 0 saturated carbocycles. The second kappa shape index (κ2) is 4.14. The third-order valence-electron chi connectivity index (χ3n) is 4.06. The number of rotatable bonds is 1. The molecule has 1 fully saturated rings. The first-order valence-corrected chi connectivity index (χ1v) is 6.31. The third-order valence-corrected chi connectivity index (χ3v) is 4.06. The first kappa shape index (κ1) is 11.8. The van der Waals surface area contributed by atoms with E-state index in [4.69, 9.17) is 14.2 Å². The molecule has 2 heterocycles. The highest BCUT2D eigenvalue weighted by atomic mass is 16.6. The molecule has 2 aliphatic heterocycles. The number of benzene rings is 1. The minimum Gasteiger partial charge on any atom is -0.497 e. The Morgan fingerprint density at radius 1 is 1.44 bits per heavy atom. The van der Waals surface area contributed by atoms with Gasteiger partial charge in [-0.05, 0) is 25.1 Å². The van der Waals surface area contributed by atoms with E-state index in [1.807, 2.05) is 25.1 Å². The van der Waals surface area contributed by atoms with Crippen molar-refractivity contribution < 1.29 is 19.3 Å². The van der Waals surface area contributed by atoms with Crippen molar-refractivity contribution in [2.75, 3.05) is 13.7 Å². The summed E-state index contributed by atoms with van der Waals surface area (Å²) in [6.07, 6.45) is 0.904. The molecule has 4 nitrogen and oxygen atoms in total. The molecule has 3 atom stereocenters. The molecule has 1 aromatic rings. The molecule has 0 aliphatic carbocycles. The smallest absolute Gasteiger partial charge is 0.140 e. The lowest BCUT2D eigenvalue weighted by Crippen LogP contribution is -2.46. The van der Waals surface area contributed by atoms with Crippen LogP contribution in [0.15, 0.2) is 18.2 Å². The van der Waals surface area contributed by atoms with E-state index in [-0.39, 0.29) is 11.7 Å². The van der Waals surface area contributed by atoms with Crippen LogP contribution in [0.25, 0.3) is 0 Å². The lowest BCUT2D eigenvalue weighted by molar-refractivity contribution is -0.0566. The van der Waals surface area contributed by atoms with E-state index in [0.29, 0.717) is 13.0 Å². The lowest BCUT2D eigenvalue weighted by Gasteiger charge is -2.40. The maximum atomic E-state index is 10.3. The number of fused-ring (bicyclic) bond motifs is 1. The molecule has 1 aromatic carbocycles. The highest BCUT2D eigenvalue weighted by Gasteiger charge is 2.48. The van der Waals surface area contributed by atoms with Crippen molar-refractivity contribution in [2.24, 2.45) is 0 Å². The number of hydrogen-bond acceptors (Lipinski definition) is 4. The summed E-state index contributed by atoms with van der Waals surface area (Å²) in [5.74, 6) is 1.48. The van der Waals surface area contributed by atoms with Crippen LogP contribution in [0, 0.1) is 0 Å². The van der Waals surface area contributed by atoms with E-state index in [9.17, 15) is 5.11 Å². The number of methoxy groups -OCH3 is 1. The van der Waals surface area contributed by atoms with Crippen LogP contribution in [0.2, 0.25) is 0 Å². The molecule has 4 heteroatoms. The second-order valence-corrected chi connectivity index (χ2v) is 5.05. The molecule has 0 amide bonds. The molecule has 2 unspecified atom stereocenters. The van der Waals surface area contributed by atoms with Crippen molar-refractivity contribution >= 4 is 0 Å². The van der Waals surface area contributed by atoms with Crippen LogP contribution in [0.3, 0.4) is 0 Å². The highest BCUT2D eigenvalue weighted by Crippen LogP contribution is 2.46. The average Bonchev–Trinajstić information content (AvgIpc) is 2.70. The van der Waals surface area contributed by atoms with Gasteiger partial charge in [-0.2, -0.15) is 0 Å². The van der Waals surface area contributed by atoms with Gasteiger partial charge < -0.3 is 19.3 Å². The SMILES string of the molecule is COc1ccc2c(c1)[C@@H](O)CC1(CCOC1C)O2. The van der Waals surface area contributed by atoms with Gasteiger partial charge >= 0.3 is 0 Å². The predicted molar refractivity (Wildman–Crippen MR) is 66.0 cm³/mol. The normalized spacial score (nSPS) is 34.2. The average molecular weight is 250 g/mol. The molecule has 18 heavy (non-hydrogen) atoms. The van der Waals surface area contributed by atoms with Gasteiger partial charge in [0.1, 0.15) is 17.1 Å². The van der Waals surface area contributed by atoms with E-state index >= 15 is 0 Å². The zero-order valence-electron chi connectivity index (χ0n) is 10.7. The number of hydrogen-bond donors (Lipinski definition) is 1. The molecule has 1 saturated heterocycles. The predicted octanol–water partition coefficient (Wildman–Crippen LogP) is 2.06. The first-order valence-electron chi connectivity index (χ1n) is 6.31. The quantitative estimate of drug-likeness (QED) is 0.828. The first-order chi connectivity index (χ1) is 8.64. The summed E-state index contributed by atoms with van der Waals surface area (Å²) in [6, 6.07) is 5.56. The zero-order chi connectivity index (χ0) is 12.8. The maximum Gasteiger partial charge on any atom is 0.140 e. The summed E-state index contributed by atoms with van der Waals surface area (Å²) in [4.78, 5) is 0. The Morgan fingerprint density at radius 3 is 2.94 bits per heavy atom. The highest BCUT2D eigenvalue weighted by molar-refractivity contribution is 5.44. The fraction of sp³-hybridized carbons (Fsp3) is 0.571. The fourth-order valence-electron chi connectivity index (χ4n) is 2.87. The maximum absolute atomic E-state index is 10.3. The molecule has 1 spiro atoms. The fourth-order valence-corrected chi connectivity index (χ4v) is 2.87. The summed E-state index contributed by atoms with van der Waals surface area (Å²) in [5.41, 5.74) is 0.431. The van der Waals surface area contributed by atoms with Crippen molar-refractivity contribution in [3.05, 3.63) is 23.8 Å². The van der Waals surface area contributed by atoms with Crippen molar-refractivity contribution in [2.45, 2.75) is 37.6 Å². The monoisotopic (exact) mass is 250 g/mol. The van der Waals surface area contributed by atoms with Crippen molar-refractivity contribution in [3.8, 4) is 11.5 Å². The number of ether oxygens (including phenoxy) is 3. The standard InChI is InChI=1S/C14H18O4/c1-9-14(5-6-17-9)8-12(15)11-7-10(16-2)3-4-13(11)18-14/h3-4,7,9,12,15H,5-6,8H2,1-2H3/t9?,12-,14?/m0/s1. The van der Waals surface area contributed by atoms with E-state index in [1.165, 1.54) is 0 Å². The molecule has 0 bridgehead atoms. The van der Waals surface area contributed by atoms with Crippen LogP contribution < -0.4 is 9.47 Å². The molecule has 0 aromatic heterocycles. The van der Waals surface area contributed by atoms with Gasteiger partial charge in [0.2, 0.25) is 0 Å². The topological polar surface area (TPSA) is 47.9 Å². The van der Waals surface area contributed by atoms with Gasteiger partial charge in [-0.3, -0.25) is 0 Å². The molecule has 1 N–H and O–H groups in total. The van der Waals surface area contributed by atoms with Crippen LogP contribution in [-0.2, 0) is 4.74 Å². The Bertz CT molecular complexity index is 459. The van der Waals surface area contributed by atoms with Crippen molar-refractivity contribution in [1.82, 2.24) is 0 Å². The third kappa shape index (κ3) is 1.68. The van der Waals surface area contributed by atoms with E-state index in [0.717, 1.165) is 23.5 Å². The van der Waals surface area contributed by atoms with Crippen LogP contribution in [0.5, 0.6) is 11.5 Å². The summed E-state index contributed by atoms with van der Waals surface area (Å²) in [7, 11) is 1.62. The van der Waals surface area contributed by atoms with Gasteiger partial charge in [0, 0.05) is 18.4 Å². The lowest BCUT2D eigenvalue weighted by atomic mass is 9.84. The van der Waals surface area contributed by atoms with Gasteiger partial charge in [0.05, 0.1) is 25.9 Å². The summed E-state index contributed by atoms with van der Waals surface area (Å²) < 4.78 is 16.9. The molecule has 98 valence electrons. The largest absolute Gasteiger partial charge is 0.497 e. The van der Waals surface area contributed by atoms with Gasteiger partial charge in [-0.1, -0.05) is 0 Å². The molecule has 3 rings (SSSR count). The van der Waals surface area contributed by atoms with E-state index < -0.39 is 6.10 Å². The number of aliphatic hydroxyl groups excluding tert-OH is 1. The Kier molecular flexibility index (Phi) is 2.72. The zero-order valence-corrected chi connectivity index (χ0v) is 10.7. The Labute approximate surface area is 106 Å². The molecule has 0 radical (unpaired) electrons. The van der Waals surface area contributed by atoms with Gasteiger partial charge in [0.25, 0.3) is 0 Å². The van der Waals surface area contributed by atoms with Gasteiger partial charge in [0.15, 0.2) is 0 Å². The molecular weight excluding hydrogens is 232 g/mol. The summed E-state index contributed by atoms with van der Waals surface area (Å²) in [6.45, 7) is 2.70. The Balaban J connectivity index is 1.98. The summed E-state index contributed by atoms with van der Waals surface area (Å²) in [5, 5.41) is 10.3. The van der Waals surface area contributed by atoms with Crippen molar-refractivity contribution in [3.63, 3.8) is 0 Å². The van der Waals surface area contributed by atoms with Gasteiger partial charge in [-0.15, -0.1) is 0 Å². The van der Waals surface area contributed by atoms with Gasteiger partial charge in [-0.25, -0.2) is 0 Å². The minimum atomic E-state index is -0.520. The van der Waals surface area contributed by atoms with E-state index in [1.54, 1.807) is 7.11 Å². The minimum absolute atomic E-state index is 0.0161.